The predicted octanol–water partition coefficient (Wildman–Crippen LogP) is 4.32. The Balaban J connectivity index is 2.07. The lowest BCUT2D eigenvalue weighted by Crippen LogP contribution is -2.03. The molecule has 0 bridgehead atoms. The topological polar surface area (TPSA) is 24.9 Å². The lowest BCUT2D eigenvalue weighted by Gasteiger charge is -2.11. The van der Waals surface area contributed by atoms with Gasteiger partial charge in [-0.3, -0.25) is 4.98 Å². The van der Waals surface area contributed by atoms with Crippen LogP contribution < -0.4 is 5.32 Å². The molecule has 1 N–H and O–H groups in total. The highest BCUT2D eigenvalue weighted by molar-refractivity contribution is 7.99. The van der Waals surface area contributed by atoms with E-state index in [1.807, 2.05) is 31.2 Å². The van der Waals surface area contributed by atoms with Crippen LogP contribution in [-0.4, -0.2) is 10.7 Å². The molecule has 100 valence electrons. The average Bonchev–Trinajstić information content (AvgIpc) is 2.37. The first kappa shape index (κ1) is 13.8. The van der Waals surface area contributed by atoms with Crippen LogP contribution in [0.5, 0.6) is 0 Å². The summed E-state index contributed by atoms with van der Waals surface area (Å²) in [5.41, 5.74) is 2.53. The van der Waals surface area contributed by atoms with Crippen molar-refractivity contribution in [2.45, 2.75) is 24.1 Å². The molecule has 2 rings (SSSR count). The molecule has 0 aliphatic carbocycles. The van der Waals surface area contributed by atoms with E-state index < -0.39 is 5.76 Å². The Morgan fingerprint density at radius 2 is 1.95 bits per heavy atom. The maximum absolute atomic E-state index is 12.4. The molecule has 0 saturated heterocycles. The first-order valence-electron chi connectivity index (χ1n) is 5.85. The Morgan fingerprint density at radius 1 is 1.16 bits per heavy atom. The van der Waals surface area contributed by atoms with E-state index in [0.29, 0.717) is 28.9 Å². The molecule has 5 heteroatoms. The second-order valence-electron chi connectivity index (χ2n) is 4.00. The standard InChI is InChI=1S/C14H14F2N2S/c1-10-5-4-6-11(18-10)9-17-12-7-2-3-8-13(12)19-14(15)16/h2-8,14,17H,9H2,1H3. The fraction of sp³-hybridized carbons (Fsp3) is 0.214. The second-order valence-corrected chi connectivity index (χ2v) is 5.03. The van der Waals surface area contributed by atoms with Crippen LogP contribution in [0.4, 0.5) is 14.5 Å². The number of nitrogens with zero attached hydrogens (tertiary/aromatic N) is 1. The van der Waals surface area contributed by atoms with Gasteiger partial charge in [-0.2, -0.15) is 8.78 Å². The number of hydrogen-bond donors (Lipinski definition) is 1. The summed E-state index contributed by atoms with van der Waals surface area (Å²) < 4.78 is 24.9. The molecule has 1 heterocycles. The van der Waals surface area contributed by atoms with Gasteiger partial charge in [-0.15, -0.1) is 0 Å². The van der Waals surface area contributed by atoms with Crippen molar-refractivity contribution in [3.63, 3.8) is 0 Å². The van der Waals surface area contributed by atoms with E-state index in [4.69, 9.17) is 0 Å². The van der Waals surface area contributed by atoms with E-state index in [2.05, 4.69) is 10.3 Å². The summed E-state index contributed by atoms with van der Waals surface area (Å²) in [4.78, 5) is 4.91. The number of aryl methyl sites for hydroxylation is 1. The van der Waals surface area contributed by atoms with Gasteiger partial charge >= 0.3 is 0 Å². The van der Waals surface area contributed by atoms with Crippen molar-refractivity contribution in [3.8, 4) is 0 Å². The van der Waals surface area contributed by atoms with Gasteiger partial charge in [0.2, 0.25) is 0 Å². The molecule has 1 aromatic carbocycles. The van der Waals surface area contributed by atoms with Gasteiger partial charge in [0, 0.05) is 16.3 Å². The number of anilines is 1. The van der Waals surface area contributed by atoms with E-state index in [1.54, 1.807) is 18.2 Å². The maximum Gasteiger partial charge on any atom is 0.288 e. The summed E-state index contributed by atoms with van der Waals surface area (Å²) in [7, 11) is 0. The SMILES string of the molecule is Cc1cccc(CNc2ccccc2SC(F)F)n1. The lowest BCUT2D eigenvalue weighted by atomic mass is 10.3. The molecule has 2 nitrogen and oxygen atoms in total. The minimum Gasteiger partial charge on any atom is -0.378 e. The van der Waals surface area contributed by atoms with Gasteiger partial charge < -0.3 is 5.32 Å². The van der Waals surface area contributed by atoms with Gasteiger partial charge in [-0.25, -0.2) is 0 Å². The van der Waals surface area contributed by atoms with Crippen LogP contribution in [0.3, 0.4) is 0 Å². The van der Waals surface area contributed by atoms with Gasteiger partial charge in [0.25, 0.3) is 5.76 Å². The van der Waals surface area contributed by atoms with Crippen molar-refractivity contribution < 1.29 is 8.78 Å². The molecule has 0 fully saturated rings. The van der Waals surface area contributed by atoms with E-state index in [1.165, 1.54) is 0 Å². The fourth-order valence-electron chi connectivity index (χ4n) is 1.70. The zero-order chi connectivity index (χ0) is 13.7. The number of rotatable bonds is 5. The Kier molecular flexibility index (Phi) is 4.74. The highest BCUT2D eigenvalue weighted by Gasteiger charge is 2.09. The number of hydrogen-bond acceptors (Lipinski definition) is 3. The van der Waals surface area contributed by atoms with Crippen molar-refractivity contribution >= 4 is 17.4 Å². The van der Waals surface area contributed by atoms with Crippen LogP contribution in [-0.2, 0) is 6.54 Å². The van der Waals surface area contributed by atoms with Crippen molar-refractivity contribution in [1.29, 1.82) is 0 Å². The highest BCUT2D eigenvalue weighted by atomic mass is 32.2. The number of benzene rings is 1. The summed E-state index contributed by atoms with van der Waals surface area (Å²) in [6.07, 6.45) is 0. The van der Waals surface area contributed by atoms with Crippen LogP contribution in [0.2, 0.25) is 0 Å². The molecule has 2 aromatic rings. The molecule has 0 atom stereocenters. The third-order valence-corrected chi connectivity index (χ3v) is 3.30. The van der Waals surface area contributed by atoms with Gasteiger partial charge in [-0.1, -0.05) is 30.0 Å². The molecule has 0 aliphatic heterocycles. The number of aromatic nitrogens is 1. The van der Waals surface area contributed by atoms with Gasteiger partial charge in [0.15, 0.2) is 0 Å². The molecule has 19 heavy (non-hydrogen) atoms. The molecule has 0 saturated carbocycles. The number of nitrogens with one attached hydrogen (secondary N) is 1. The summed E-state index contributed by atoms with van der Waals surface area (Å²) in [6, 6.07) is 12.8. The van der Waals surface area contributed by atoms with Crippen molar-refractivity contribution in [3.05, 3.63) is 53.9 Å². The Bertz CT molecular complexity index is 546. The van der Waals surface area contributed by atoms with E-state index in [9.17, 15) is 8.78 Å². The van der Waals surface area contributed by atoms with E-state index in [-0.39, 0.29) is 0 Å². The van der Waals surface area contributed by atoms with Crippen LogP contribution in [0.15, 0.2) is 47.4 Å². The largest absolute Gasteiger partial charge is 0.378 e. The van der Waals surface area contributed by atoms with Crippen LogP contribution in [0.1, 0.15) is 11.4 Å². The van der Waals surface area contributed by atoms with Crippen molar-refractivity contribution in [2.75, 3.05) is 5.32 Å². The minimum atomic E-state index is -2.42. The monoisotopic (exact) mass is 280 g/mol. The molecule has 0 unspecified atom stereocenters. The molecular weight excluding hydrogens is 266 g/mol. The number of thioether (sulfide) groups is 1. The second kappa shape index (κ2) is 6.52. The lowest BCUT2D eigenvalue weighted by molar-refractivity contribution is 0.252. The molecule has 1 aromatic heterocycles. The summed E-state index contributed by atoms with van der Waals surface area (Å²) in [5, 5.41) is 3.15. The smallest absolute Gasteiger partial charge is 0.288 e. The Hall–Kier alpha value is -1.62. The third kappa shape index (κ3) is 4.21. The van der Waals surface area contributed by atoms with Gasteiger partial charge in [0.1, 0.15) is 0 Å². The number of pyridine rings is 1. The maximum atomic E-state index is 12.4. The van der Waals surface area contributed by atoms with Crippen LogP contribution >= 0.6 is 11.8 Å². The molecule has 0 spiro atoms. The van der Waals surface area contributed by atoms with Crippen LogP contribution in [0, 0.1) is 6.92 Å². The third-order valence-electron chi connectivity index (χ3n) is 2.51. The highest BCUT2D eigenvalue weighted by Crippen LogP contribution is 2.31. The van der Waals surface area contributed by atoms with Gasteiger partial charge in [-0.05, 0) is 31.2 Å². The van der Waals surface area contributed by atoms with Gasteiger partial charge in [0.05, 0.1) is 12.2 Å². The predicted molar refractivity (Wildman–Crippen MR) is 74.6 cm³/mol. The van der Waals surface area contributed by atoms with Crippen LogP contribution in [0.25, 0.3) is 0 Å². The summed E-state index contributed by atoms with van der Waals surface area (Å²) in [6.45, 7) is 2.44. The average molecular weight is 280 g/mol. The summed E-state index contributed by atoms with van der Waals surface area (Å²) >= 11 is 0.547. The zero-order valence-electron chi connectivity index (χ0n) is 10.4. The zero-order valence-corrected chi connectivity index (χ0v) is 11.3. The van der Waals surface area contributed by atoms with Crippen molar-refractivity contribution in [2.24, 2.45) is 0 Å². The molecule has 0 radical (unpaired) electrons. The normalized spacial score (nSPS) is 10.7. The molecular formula is C14H14F2N2S. The first-order chi connectivity index (χ1) is 9.15. The quantitative estimate of drug-likeness (QED) is 0.826. The van der Waals surface area contributed by atoms with E-state index >= 15 is 0 Å². The minimum absolute atomic E-state index is 0.516. The molecule has 0 aliphatic rings. The first-order valence-corrected chi connectivity index (χ1v) is 6.73. The number of para-hydroxylation sites is 1. The Morgan fingerprint density at radius 3 is 2.68 bits per heavy atom. The van der Waals surface area contributed by atoms with E-state index in [0.717, 1.165) is 11.4 Å². The van der Waals surface area contributed by atoms with Crippen molar-refractivity contribution in [1.82, 2.24) is 4.98 Å². The fourth-order valence-corrected chi connectivity index (χ4v) is 2.31. The number of halogens is 2. The Labute approximate surface area is 115 Å². The molecule has 0 amide bonds. The summed E-state index contributed by atoms with van der Waals surface area (Å²) in [5.74, 6) is -2.42. The number of alkyl halides is 2.